The maximum atomic E-state index is 9.30. The second kappa shape index (κ2) is 26.6. The molecule has 0 saturated heterocycles. The Morgan fingerprint density at radius 3 is 1.44 bits per heavy atom. The topological polar surface area (TPSA) is 67.2 Å². The van der Waals surface area contributed by atoms with Gasteiger partial charge in [0.15, 0.2) is 0 Å². The van der Waals surface area contributed by atoms with E-state index in [1.807, 2.05) is 0 Å². The van der Waals surface area contributed by atoms with Crippen molar-refractivity contribution in [2.24, 2.45) is 0 Å². The second-order valence-corrected chi connectivity index (χ2v) is 9.17. The second-order valence-electron chi connectivity index (χ2n) is 9.17. The molecule has 0 aliphatic carbocycles. The van der Waals surface area contributed by atoms with Crippen molar-refractivity contribution in [3.8, 4) is 0 Å². The van der Waals surface area contributed by atoms with Gasteiger partial charge in [-0.05, 0) is 25.5 Å². The number of nitrogens with zero attached hydrogens (tertiary/aromatic N) is 2. The molecule has 0 aliphatic heterocycles. The van der Waals surface area contributed by atoms with Crippen molar-refractivity contribution in [1.29, 1.82) is 0 Å². The van der Waals surface area contributed by atoms with E-state index < -0.39 is 0 Å². The van der Waals surface area contributed by atoms with Gasteiger partial charge in [-0.1, -0.05) is 96.5 Å². The third kappa shape index (κ3) is 22.6. The Hall–Kier alpha value is -0.620. The van der Waals surface area contributed by atoms with Crippen molar-refractivity contribution >= 4 is 0 Å². The molecule has 0 saturated carbocycles. The van der Waals surface area contributed by atoms with Crippen LogP contribution in [0.15, 0.2) is 12.3 Å². The van der Waals surface area contributed by atoms with Crippen molar-refractivity contribution in [3.05, 3.63) is 12.3 Å². The highest BCUT2D eigenvalue weighted by Gasteiger charge is 2.05. The van der Waals surface area contributed by atoms with Crippen LogP contribution in [0, 0.1) is 0 Å². The molecule has 0 fully saturated rings. The van der Waals surface area contributed by atoms with E-state index in [-0.39, 0.29) is 19.8 Å². The van der Waals surface area contributed by atoms with Crippen molar-refractivity contribution < 1.29 is 15.3 Å². The Morgan fingerprint density at radius 1 is 0.500 bits per heavy atom. The molecule has 0 aliphatic rings. The van der Waals surface area contributed by atoms with Crippen LogP contribution in [0.1, 0.15) is 110 Å². The molecule has 32 heavy (non-hydrogen) atoms. The lowest BCUT2D eigenvalue weighted by atomic mass is 10.0. The van der Waals surface area contributed by atoms with Gasteiger partial charge in [0.1, 0.15) is 0 Å². The Labute approximate surface area is 199 Å². The molecule has 3 N–H and O–H groups in total. The zero-order chi connectivity index (χ0) is 23.5. The molecule has 0 heterocycles. The van der Waals surface area contributed by atoms with Crippen LogP contribution in [-0.4, -0.2) is 77.7 Å². The highest BCUT2D eigenvalue weighted by Crippen LogP contribution is 2.13. The summed E-state index contributed by atoms with van der Waals surface area (Å²) in [6.45, 7) is 6.32. The number of hydrogen-bond donors (Lipinski definition) is 3. The Morgan fingerprint density at radius 2 is 0.969 bits per heavy atom. The average molecular weight is 457 g/mol. The number of unbranched alkanes of at least 4 members (excludes halogenated alkanes) is 14. The smallest absolute Gasteiger partial charge is 0.0606 e. The van der Waals surface area contributed by atoms with Gasteiger partial charge in [-0.15, -0.1) is 0 Å². The lowest BCUT2D eigenvalue weighted by Gasteiger charge is -2.23. The Kier molecular flexibility index (Phi) is 26.1. The van der Waals surface area contributed by atoms with Crippen molar-refractivity contribution in [2.75, 3.05) is 52.5 Å². The fourth-order valence-electron chi connectivity index (χ4n) is 4.19. The number of aliphatic hydroxyl groups is 3. The average Bonchev–Trinajstić information content (AvgIpc) is 2.79. The van der Waals surface area contributed by atoms with Gasteiger partial charge in [0, 0.05) is 32.7 Å². The van der Waals surface area contributed by atoms with Gasteiger partial charge in [0.2, 0.25) is 0 Å². The molecule has 0 atom stereocenters. The maximum Gasteiger partial charge on any atom is 0.0606 e. The Bertz CT molecular complexity index is 374. The van der Waals surface area contributed by atoms with E-state index in [1.165, 1.54) is 89.9 Å². The molecule has 0 amide bonds. The predicted octanol–water partition coefficient (Wildman–Crippen LogP) is 5.34. The summed E-state index contributed by atoms with van der Waals surface area (Å²) in [5, 5.41) is 27.5. The van der Waals surface area contributed by atoms with Crippen LogP contribution in [0.3, 0.4) is 0 Å². The first-order chi connectivity index (χ1) is 15.8. The first kappa shape index (κ1) is 31.4. The third-order valence-corrected chi connectivity index (χ3v) is 6.18. The largest absolute Gasteiger partial charge is 0.395 e. The van der Waals surface area contributed by atoms with Crippen LogP contribution < -0.4 is 0 Å². The van der Waals surface area contributed by atoms with E-state index >= 15 is 0 Å². The van der Waals surface area contributed by atoms with Crippen LogP contribution in [0.2, 0.25) is 0 Å². The normalized spacial score (nSPS) is 11.8. The van der Waals surface area contributed by atoms with Crippen LogP contribution in [0.4, 0.5) is 0 Å². The molecule has 5 heteroatoms. The monoisotopic (exact) mass is 456 g/mol. The molecule has 192 valence electrons. The quantitative estimate of drug-likeness (QED) is 0.153. The van der Waals surface area contributed by atoms with Crippen molar-refractivity contribution in [1.82, 2.24) is 9.80 Å². The predicted molar refractivity (Wildman–Crippen MR) is 138 cm³/mol. The SMILES string of the molecule is CCCCCCCCCCCCCCCCC=CN(CCO)CCCN(CCO)CCO. The van der Waals surface area contributed by atoms with Crippen LogP contribution in [0.5, 0.6) is 0 Å². The van der Waals surface area contributed by atoms with Gasteiger partial charge in [-0.3, -0.25) is 4.90 Å². The van der Waals surface area contributed by atoms with E-state index in [0.717, 1.165) is 25.9 Å². The third-order valence-electron chi connectivity index (χ3n) is 6.18. The van der Waals surface area contributed by atoms with Gasteiger partial charge in [0.25, 0.3) is 0 Å². The molecular formula is C27H56N2O3. The number of rotatable bonds is 26. The highest BCUT2D eigenvalue weighted by atomic mass is 16.3. The maximum absolute atomic E-state index is 9.30. The van der Waals surface area contributed by atoms with E-state index in [2.05, 4.69) is 29.0 Å². The minimum absolute atomic E-state index is 0.124. The summed E-state index contributed by atoms with van der Waals surface area (Å²) in [7, 11) is 0. The van der Waals surface area contributed by atoms with Crippen LogP contribution in [-0.2, 0) is 0 Å². The minimum Gasteiger partial charge on any atom is -0.395 e. The fraction of sp³-hybridized carbons (Fsp3) is 0.926. The van der Waals surface area contributed by atoms with E-state index in [4.69, 9.17) is 10.2 Å². The summed E-state index contributed by atoms with van der Waals surface area (Å²) < 4.78 is 0. The number of hydrogen-bond acceptors (Lipinski definition) is 5. The number of aliphatic hydroxyl groups excluding tert-OH is 3. The highest BCUT2D eigenvalue weighted by molar-refractivity contribution is 4.82. The molecule has 0 unspecified atom stereocenters. The summed E-state index contributed by atoms with van der Waals surface area (Å²) in [4.78, 5) is 4.26. The fourth-order valence-corrected chi connectivity index (χ4v) is 4.19. The van der Waals surface area contributed by atoms with Gasteiger partial charge in [-0.25, -0.2) is 0 Å². The summed E-state index contributed by atoms with van der Waals surface area (Å²) in [6.07, 6.45) is 25.9. The summed E-state index contributed by atoms with van der Waals surface area (Å²) in [6, 6.07) is 0. The molecule has 0 bridgehead atoms. The summed E-state index contributed by atoms with van der Waals surface area (Å²) in [5.41, 5.74) is 0. The Balaban J connectivity index is 3.60. The lowest BCUT2D eigenvalue weighted by molar-refractivity contribution is 0.154. The molecule has 0 aromatic carbocycles. The molecule has 0 aromatic heterocycles. The molecule has 0 rings (SSSR count). The molecule has 0 spiro atoms. The number of allylic oxidation sites excluding steroid dienone is 1. The zero-order valence-electron chi connectivity index (χ0n) is 21.4. The minimum atomic E-state index is 0.124. The first-order valence-corrected chi connectivity index (χ1v) is 13.7. The molecular weight excluding hydrogens is 400 g/mol. The molecule has 5 nitrogen and oxygen atoms in total. The summed E-state index contributed by atoms with van der Waals surface area (Å²) in [5.74, 6) is 0. The van der Waals surface area contributed by atoms with Gasteiger partial charge >= 0.3 is 0 Å². The van der Waals surface area contributed by atoms with Gasteiger partial charge in [-0.2, -0.15) is 0 Å². The zero-order valence-corrected chi connectivity index (χ0v) is 21.4. The van der Waals surface area contributed by atoms with E-state index in [0.29, 0.717) is 19.6 Å². The lowest BCUT2D eigenvalue weighted by Crippen LogP contribution is -2.33. The summed E-state index contributed by atoms with van der Waals surface area (Å²) >= 11 is 0. The first-order valence-electron chi connectivity index (χ1n) is 13.7. The molecule has 0 aromatic rings. The van der Waals surface area contributed by atoms with Crippen LogP contribution >= 0.6 is 0 Å². The van der Waals surface area contributed by atoms with E-state index in [1.54, 1.807) is 0 Å². The standard InChI is InChI=1S/C27H56N2O3/c1-2-3-4-5-6-7-8-9-10-11-12-13-14-15-16-17-19-28(22-25-30)20-18-21-29(23-26-31)24-27-32/h17,19,30-32H,2-16,18,20-27H2,1H3. The van der Waals surface area contributed by atoms with Crippen LogP contribution in [0.25, 0.3) is 0 Å². The molecule has 0 radical (unpaired) electrons. The van der Waals surface area contributed by atoms with Gasteiger partial charge in [0.05, 0.1) is 19.8 Å². The van der Waals surface area contributed by atoms with E-state index in [9.17, 15) is 5.11 Å². The van der Waals surface area contributed by atoms with Crippen molar-refractivity contribution in [2.45, 2.75) is 110 Å². The van der Waals surface area contributed by atoms with Gasteiger partial charge < -0.3 is 20.2 Å². The van der Waals surface area contributed by atoms with Crippen molar-refractivity contribution in [3.63, 3.8) is 0 Å².